The van der Waals surface area contributed by atoms with Gasteiger partial charge in [-0.1, -0.05) is 6.07 Å². The Morgan fingerprint density at radius 2 is 2.06 bits per heavy atom. The van der Waals surface area contributed by atoms with E-state index >= 15 is 0 Å². The lowest BCUT2D eigenvalue weighted by Gasteiger charge is -2.25. The van der Waals surface area contributed by atoms with Crippen LogP contribution < -0.4 is 5.32 Å². The predicted molar refractivity (Wildman–Crippen MR) is 130 cm³/mol. The van der Waals surface area contributed by atoms with E-state index in [1.807, 2.05) is 46.8 Å². The number of rotatable bonds is 8. The van der Waals surface area contributed by atoms with Gasteiger partial charge in [0, 0.05) is 54.5 Å². The molecule has 5 rings (SSSR count). The molecular weight excluding hydrogens is 430 g/mol. The summed E-state index contributed by atoms with van der Waals surface area (Å²) in [5.74, 6) is 0.915. The number of ether oxygens (including phenoxy) is 1. The highest BCUT2D eigenvalue weighted by Crippen LogP contribution is 2.37. The molecule has 0 saturated heterocycles. The molecule has 4 aromatic heterocycles. The molecule has 1 aliphatic rings. The minimum atomic E-state index is -0.200. The number of aliphatic hydroxyl groups excluding tert-OH is 1. The molecule has 9 nitrogen and oxygen atoms in total. The number of methoxy groups -OCH3 is 1. The molecule has 0 bridgehead atoms. The molecule has 34 heavy (non-hydrogen) atoms. The van der Waals surface area contributed by atoms with E-state index in [1.54, 1.807) is 13.3 Å². The first kappa shape index (κ1) is 22.5. The van der Waals surface area contributed by atoms with Crippen LogP contribution in [0.3, 0.4) is 0 Å². The quantitative estimate of drug-likeness (QED) is 0.414. The van der Waals surface area contributed by atoms with Gasteiger partial charge in [0.1, 0.15) is 0 Å². The molecule has 1 fully saturated rings. The maximum Gasteiger partial charge on any atom is 0.241 e. The van der Waals surface area contributed by atoms with Crippen molar-refractivity contribution in [2.45, 2.75) is 57.2 Å². The molecule has 0 amide bonds. The summed E-state index contributed by atoms with van der Waals surface area (Å²) in [5.41, 5.74) is 5.30. The van der Waals surface area contributed by atoms with Crippen LogP contribution in [0.25, 0.3) is 16.6 Å². The van der Waals surface area contributed by atoms with Crippen LogP contribution in [0.15, 0.2) is 49.2 Å². The van der Waals surface area contributed by atoms with Crippen LogP contribution in [0.1, 0.15) is 49.8 Å². The van der Waals surface area contributed by atoms with Crippen LogP contribution in [0.2, 0.25) is 0 Å². The van der Waals surface area contributed by atoms with Crippen molar-refractivity contribution in [3.63, 3.8) is 0 Å². The standard InChI is InChI=1S/C25H31N7O2/c1-17(16-34-2)29-25-27-13-24-22(10-23(32(24)30-25)19-5-7-21(33)8-6-19)20-12-28-31(15-20)14-18-4-3-9-26-11-18/h3-4,9-13,15,17,19,21,33H,5-8,14,16H2,1-2H3,(H,29,30)/t17-,19-,21-/m0/s1. The first-order chi connectivity index (χ1) is 16.6. The van der Waals surface area contributed by atoms with Gasteiger partial charge in [0.05, 0.1) is 37.2 Å². The fraction of sp³-hybridized carbons (Fsp3) is 0.440. The van der Waals surface area contributed by atoms with Crippen molar-refractivity contribution in [3.8, 4) is 11.1 Å². The molecule has 4 aromatic rings. The van der Waals surface area contributed by atoms with Gasteiger partial charge in [-0.2, -0.15) is 5.10 Å². The Bertz CT molecular complexity index is 1230. The van der Waals surface area contributed by atoms with Gasteiger partial charge < -0.3 is 15.2 Å². The molecule has 1 aliphatic carbocycles. The van der Waals surface area contributed by atoms with Crippen LogP contribution in [-0.2, 0) is 11.3 Å². The molecule has 178 valence electrons. The second-order valence-corrected chi connectivity index (χ2v) is 9.16. The van der Waals surface area contributed by atoms with E-state index in [9.17, 15) is 5.11 Å². The summed E-state index contributed by atoms with van der Waals surface area (Å²) in [7, 11) is 1.69. The van der Waals surface area contributed by atoms with E-state index in [4.69, 9.17) is 9.84 Å². The van der Waals surface area contributed by atoms with Crippen molar-refractivity contribution in [2.75, 3.05) is 19.0 Å². The summed E-state index contributed by atoms with van der Waals surface area (Å²) >= 11 is 0. The van der Waals surface area contributed by atoms with Crippen molar-refractivity contribution in [2.24, 2.45) is 0 Å². The van der Waals surface area contributed by atoms with Crippen LogP contribution in [0, 0.1) is 0 Å². The fourth-order valence-electron chi connectivity index (χ4n) is 4.75. The Kier molecular flexibility index (Phi) is 6.55. The number of aliphatic hydroxyl groups is 1. The topological polar surface area (TPSA) is 102 Å². The Balaban J connectivity index is 1.50. The molecular formula is C25H31N7O2. The average Bonchev–Trinajstić information content (AvgIpc) is 3.45. The van der Waals surface area contributed by atoms with Crippen molar-refractivity contribution >= 4 is 11.5 Å². The molecule has 0 aromatic carbocycles. The third-order valence-corrected chi connectivity index (χ3v) is 6.46. The second-order valence-electron chi connectivity index (χ2n) is 9.16. The molecule has 0 aliphatic heterocycles. The highest BCUT2D eigenvalue weighted by atomic mass is 16.5. The summed E-state index contributed by atoms with van der Waals surface area (Å²) in [4.78, 5) is 8.78. The minimum Gasteiger partial charge on any atom is -0.393 e. The van der Waals surface area contributed by atoms with E-state index in [2.05, 4.69) is 32.6 Å². The number of nitrogens with one attached hydrogen (secondary N) is 1. The van der Waals surface area contributed by atoms with E-state index in [0.29, 0.717) is 25.0 Å². The number of hydrogen-bond acceptors (Lipinski definition) is 7. The average molecular weight is 462 g/mol. The van der Waals surface area contributed by atoms with Crippen molar-refractivity contribution in [1.82, 2.24) is 29.4 Å². The number of anilines is 1. The highest BCUT2D eigenvalue weighted by Gasteiger charge is 2.26. The number of fused-ring (bicyclic) bond motifs is 1. The normalized spacial score (nSPS) is 19.4. The fourth-order valence-corrected chi connectivity index (χ4v) is 4.75. The van der Waals surface area contributed by atoms with Gasteiger partial charge in [-0.25, -0.2) is 9.50 Å². The van der Waals surface area contributed by atoms with Crippen molar-refractivity contribution < 1.29 is 9.84 Å². The second kappa shape index (κ2) is 9.90. The number of aromatic nitrogens is 6. The van der Waals surface area contributed by atoms with Gasteiger partial charge in [0.15, 0.2) is 0 Å². The molecule has 0 spiro atoms. The number of nitrogens with zero attached hydrogens (tertiary/aromatic N) is 6. The van der Waals surface area contributed by atoms with E-state index < -0.39 is 0 Å². The first-order valence-corrected chi connectivity index (χ1v) is 11.8. The molecule has 0 radical (unpaired) electrons. The van der Waals surface area contributed by atoms with E-state index in [-0.39, 0.29) is 12.1 Å². The van der Waals surface area contributed by atoms with Gasteiger partial charge in [0.25, 0.3) is 0 Å². The predicted octanol–water partition coefficient (Wildman–Crippen LogP) is 3.50. The van der Waals surface area contributed by atoms with Crippen LogP contribution in [-0.4, -0.2) is 60.3 Å². The zero-order valence-corrected chi connectivity index (χ0v) is 19.6. The maximum absolute atomic E-state index is 10.0. The molecule has 2 N–H and O–H groups in total. The highest BCUT2D eigenvalue weighted by molar-refractivity contribution is 5.81. The van der Waals surface area contributed by atoms with Gasteiger partial charge in [-0.05, 0) is 50.3 Å². The summed E-state index contributed by atoms with van der Waals surface area (Å²) in [6, 6.07) is 6.30. The van der Waals surface area contributed by atoms with Crippen LogP contribution in [0.4, 0.5) is 5.95 Å². The third-order valence-electron chi connectivity index (χ3n) is 6.46. The zero-order chi connectivity index (χ0) is 23.5. The first-order valence-electron chi connectivity index (χ1n) is 11.8. The Morgan fingerprint density at radius 1 is 1.21 bits per heavy atom. The monoisotopic (exact) mass is 461 g/mol. The van der Waals surface area contributed by atoms with Gasteiger partial charge in [-0.15, -0.1) is 5.10 Å². The number of hydrogen-bond donors (Lipinski definition) is 2. The third kappa shape index (κ3) is 4.80. The number of pyridine rings is 1. The van der Waals surface area contributed by atoms with Gasteiger partial charge in [0.2, 0.25) is 5.95 Å². The summed E-state index contributed by atoms with van der Waals surface area (Å²) < 4.78 is 9.18. The Labute approximate surface area is 198 Å². The lowest BCUT2D eigenvalue weighted by molar-refractivity contribution is 0.121. The minimum absolute atomic E-state index is 0.0940. The van der Waals surface area contributed by atoms with Crippen molar-refractivity contribution in [1.29, 1.82) is 0 Å². The maximum atomic E-state index is 10.0. The molecule has 0 unspecified atom stereocenters. The SMILES string of the molecule is COC[C@H](C)Nc1ncc2c(-c3cnn(Cc4cccnc4)c3)cc([C@H]3CC[C@H](O)CC3)n2n1. The molecule has 9 heteroatoms. The van der Waals surface area contributed by atoms with Crippen molar-refractivity contribution in [3.05, 3.63) is 60.4 Å². The Morgan fingerprint density at radius 3 is 2.82 bits per heavy atom. The van der Waals surface area contributed by atoms with E-state index in [0.717, 1.165) is 53.6 Å². The van der Waals surface area contributed by atoms with Crippen LogP contribution >= 0.6 is 0 Å². The lowest BCUT2D eigenvalue weighted by atomic mass is 9.85. The lowest BCUT2D eigenvalue weighted by Crippen LogP contribution is -2.23. The summed E-state index contributed by atoms with van der Waals surface area (Å²) in [6.45, 7) is 3.27. The largest absolute Gasteiger partial charge is 0.393 e. The van der Waals surface area contributed by atoms with Crippen LogP contribution in [0.5, 0.6) is 0 Å². The Hall–Kier alpha value is -3.30. The zero-order valence-electron chi connectivity index (χ0n) is 19.6. The molecule has 1 saturated carbocycles. The smallest absolute Gasteiger partial charge is 0.241 e. The summed E-state index contributed by atoms with van der Waals surface area (Å²) in [6.07, 6.45) is 12.8. The van der Waals surface area contributed by atoms with Gasteiger partial charge >= 0.3 is 0 Å². The summed E-state index contributed by atoms with van der Waals surface area (Å²) in [5, 5.41) is 22.8. The molecule has 4 heterocycles. The molecule has 1 atom stereocenters. The van der Waals surface area contributed by atoms with Gasteiger partial charge in [-0.3, -0.25) is 9.67 Å². The van der Waals surface area contributed by atoms with E-state index in [1.165, 1.54) is 0 Å².